The number of rotatable bonds is 7. The average molecular weight is 426 g/mol. The number of carbonyl (C=O) groups is 2. The molecule has 1 saturated heterocycles. The molecule has 2 aromatic carbocycles. The molecule has 0 atom stereocenters. The topological polar surface area (TPSA) is 70.7 Å². The first-order chi connectivity index (χ1) is 15.1. The second kappa shape index (κ2) is 9.58. The lowest BCUT2D eigenvalue weighted by Crippen LogP contribution is -2.46. The van der Waals surface area contributed by atoms with Gasteiger partial charge in [0, 0.05) is 31.7 Å². The molecule has 1 aliphatic carbocycles. The minimum Gasteiger partial charge on any atom is -0.379 e. The molecule has 1 aliphatic heterocycles. The molecule has 1 heterocycles. The van der Waals surface area contributed by atoms with Gasteiger partial charge < -0.3 is 15.4 Å². The third kappa shape index (κ3) is 4.94. The number of benzene rings is 2. The van der Waals surface area contributed by atoms with Gasteiger partial charge in [-0.15, -0.1) is 0 Å². The van der Waals surface area contributed by atoms with E-state index in [9.17, 15) is 14.0 Å². The zero-order valence-corrected chi connectivity index (χ0v) is 17.5. The predicted molar refractivity (Wildman–Crippen MR) is 118 cm³/mol. The summed E-state index contributed by atoms with van der Waals surface area (Å²) in [5, 5.41) is 5.57. The van der Waals surface area contributed by atoms with E-state index < -0.39 is 11.2 Å². The first-order valence-corrected chi connectivity index (χ1v) is 10.8. The van der Waals surface area contributed by atoms with Crippen molar-refractivity contribution < 1.29 is 18.7 Å². The summed E-state index contributed by atoms with van der Waals surface area (Å²) in [7, 11) is 0. The molecule has 0 radical (unpaired) electrons. The van der Waals surface area contributed by atoms with Crippen molar-refractivity contribution in [3.05, 3.63) is 59.9 Å². The predicted octanol–water partition coefficient (Wildman–Crippen LogP) is 3.55. The van der Waals surface area contributed by atoms with Gasteiger partial charge in [0.05, 0.1) is 24.3 Å². The number of carbonyl (C=O) groups excluding carboxylic acids is 2. The van der Waals surface area contributed by atoms with Gasteiger partial charge in [0.2, 0.25) is 11.8 Å². The number of hydrogen-bond donors (Lipinski definition) is 2. The van der Waals surface area contributed by atoms with Crippen molar-refractivity contribution in [3.8, 4) is 0 Å². The van der Waals surface area contributed by atoms with Gasteiger partial charge in [-0.2, -0.15) is 0 Å². The highest BCUT2D eigenvalue weighted by molar-refractivity contribution is 6.00. The molecule has 2 aromatic rings. The molecule has 2 aliphatic rings. The fourth-order valence-electron chi connectivity index (χ4n) is 4.18. The summed E-state index contributed by atoms with van der Waals surface area (Å²) in [5.74, 6) is -0.881. The van der Waals surface area contributed by atoms with E-state index in [1.54, 1.807) is 0 Å². The van der Waals surface area contributed by atoms with Crippen LogP contribution in [0.25, 0.3) is 0 Å². The number of amides is 2. The van der Waals surface area contributed by atoms with Crippen molar-refractivity contribution in [2.45, 2.75) is 31.1 Å². The first-order valence-electron chi connectivity index (χ1n) is 10.8. The molecular weight excluding hydrogens is 397 g/mol. The molecule has 1 saturated carbocycles. The molecule has 2 N–H and O–H groups in total. The Morgan fingerprint density at radius 2 is 1.77 bits per heavy atom. The fraction of sp³-hybridized carbons (Fsp3) is 0.417. The lowest BCUT2D eigenvalue weighted by molar-refractivity contribution is -0.124. The van der Waals surface area contributed by atoms with Crippen molar-refractivity contribution in [1.82, 2.24) is 4.90 Å². The summed E-state index contributed by atoms with van der Waals surface area (Å²) in [4.78, 5) is 27.6. The maximum absolute atomic E-state index is 14.3. The Bertz CT molecular complexity index is 925. The van der Waals surface area contributed by atoms with E-state index in [-0.39, 0.29) is 23.9 Å². The van der Waals surface area contributed by atoms with Gasteiger partial charge in [-0.25, -0.2) is 4.39 Å². The summed E-state index contributed by atoms with van der Waals surface area (Å²) in [6, 6.07) is 14.0. The maximum Gasteiger partial charge on any atom is 0.235 e. The zero-order valence-electron chi connectivity index (χ0n) is 17.5. The van der Waals surface area contributed by atoms with E-state index in [2.05, 4.69) is 15.5 Å². The Morgan fingerprint density at radius 3 is 2.45 bits per heavy atom. The number of ether oxygens (including phenoxy) is 1. The molecule has 0 unspecified atom stereocenters. The lowest BCUT2D eigenvalue weighted by atomic mass is 9.64. The van der Waals surface area contributed by atoms with E-state index >= 15 is 0 Å². The Morgan fingerprint density at radius 1 is 1.03 bits per heavy atom. The Balaban J connectivity index is 1.39. The summed E-state index contributed by atoms with van der Waals surface area (Å²) in [6.07, 6.45) is 2.84. The van der Waals surface area contributed by atoms with E-state index in [1.165, 1.54) is 18.2 Å². The van der Waals surface area contributed by atoms with Crippen molar-refractivity contribution in [1.29, 1.82) is 0 Å². The molecule has 0 aromatic heterocycles. The zero-order chi connectivity index (χ0) is 21.7. The van der Waals surface area contributed by atoms with Gasteiger partial charge in [-0.05, 0) is 36.6 Å². The largest absolute Gasteiger partial charge is 0.379 e. The van der Waals surface area contributed by atoms with Crippen LogP contribution in [-0.2, 0) is 19.7 Å². The second-order valence-corrected chi connectivity index (χ2v) is 8.20. The highest BCUT2D eigenvalue weighted by Crippen LogP contribution is 2.44. The summed E-state index contributed by atoms with van der Waals surface area (Å²) in [5.41, 5.74) is 0.999. The lowest BCUT2D eigenvalue weighted by Gasteiger charge is -2.40. The van der Waals surface area contributed by atoms with Gasteiger partial charge in [-0.3, -0.25) is 14.5 Å². The number of halogens is 1. The van der Waals surface area contributed by atoms with Gasteiger partial charge >= 0.3 is 0 Å². The van der Waals surface area contributed by atoms with E-state index in [0.717, 1.165) is 37.9 Å². The Kier molecular flexibility index (Phi) is 6.63. The number of morpholine rings is 1. The van der Waals surface area contributed by atoms with Crippen LogP contribution in [-0.4, -0.2) is 49.6 Å². The quantitative estimate of drug-likeness (QED) is 0.712. The van der Waals surface area contributed by atoms with Crippen LogP contribution in [0, 0.1) is 5.82 Å². The standard InChI is InChI=1S/C24H28FN3O3/c25-20-8-7-19(17-21(20)27-22(29)9-12-28-13-15-31-16-14-28)26-23(30)24(10-4-11-24)18-5-2-1-3-6-18/h1-3,5-8,17H,4,9-16H2,(H,26,30)(H,27,29). The summed E-state index contributed by atoms with van der Waals surface area (Å²) < 4.78 is 19.6. The SMILES string of the molecule is O=C(CCN1CCOCC1)Nc1cc(NC(=O)C2(c3ccccc3)CCC2)ccc1F. The van der Waals surface area contributed by atoms with E-state index in [0.29, 0.717) is 25.4 Å². The van der Waals surface area contributed by atoms with Gasteiger partial charge in [0.1, 0.15) is 5.82 Å². The molecule has 31 heavy (non-hydrogen) atoms. The number of nitrogens with zero attached hydrogens (tertiary/aromatic N) is 1. The number of hydrogen-bond acceptors (Lipinski definition) is 4. The molecule has 0 spiro atoms. The number of nitrogens with one attached hydrogen (secondary N) is 2. The van der Waals surface area contributed by atoms with Crippen LogP contribution in [0.5, 0.6) is 0 Å². The normalized spacial score (nSPS) is 18.1. The van der Waals surface area contributed by atoms with Crippen LogP contribution < -0.4 is 10.6 Å². The Hall–Kier alpha value is -2.77. The van der Waals surface area contributed by atoms with E-state index in [4.69, 9.17) is 4.74 Å². The monoisotopic (exact) mass is 425 g/mol. The highest BCUT2D eigenvalue weighted by Gasteiger charge is 2.45. The molecule has 6 nitrogen and oxygen atoms in total. The van der Waals surface area contributed by atoms with Crippen molar-refractivity contribution in [3.63, 3.8) is 0 Å². The maximum atomic E-state index is 14.3. The summed E-state index contributed by atoms with van der Waals surface area (Å²) in [6.45, 7) is 3.54. The molecule has 2 amide bonds. The average Bonchev–Trinajstić information content (AvgIpc) is 2.75. The van der Waals surface area contributed by atoms with Gasteiger partial charge in [0.25, 0.3) is 0 Å². The minimum atomic E-state index is -0.544. The molecule has 7 heteroatoms. The van der Waals surface area contributed by atoms with Gasteiger partial charge in [0.15, 0.2) is 0 Å². The smallest absolute Gasteiger partial charge is 0.235 e. The molecule has 164 valence electrons. The molecular formula is C24H28FN3O3. The van der Waals surface area contributed by atoms with Crippen LogP contribution in [0.3, 0.4) is 0 Å². The highest BCUT2D eigenvalue weighted by atomic mass is 19.1. The van der Waals surface area contributed by atoms with Crippen LogP contribution in [0.15, 0.2) is 48.5 Å². The van der Waals surface area contributed by atoms with Crippen molar-refractivity contribution in [2.75, 3.05) is 43.5 Å². The van der Waals surface area contributed by atoms with Crippen molar-refractivity contribution >= 4 is 23.2 Å². The molecule has 4 rings (SSSR count). The minimum absolute atomic E-state index is 0.0761. The van der Waals surface area contributed by atoms with Crippen LogP contribution in [0.2, 0.25) is 0 Å². The second-order valence-electron chi connectivity index (χ2n) is 8.20. The first kappa shape index (κ1) is 21.5. The third-order valence-corrected chi connectivity index (χ3v) is 6.23. The molecule has 0 bridgehead atoms. The summed E-state index contributed by atoms with van der Waals surface area (Å²) >= 11 is 0. The van der Waals surface area contributed by atoms with Crippen LogP contribution >= 0.6 is 0 Å². The number of anilines is 2. The fourth-order valence-corrected chi connectivity index (χ4v) is 4.18. The molecule has 2 fully saturated rings. The van der Waals surface area contributed by atoms with E-state index in [1.807, 2.05) is 30.3 Å². The van der Waals surface area contributed by atoms with Gasteiger partial charge in [-0.1, -0.05) is 36.8 Å². The van der Waals surface area contributed by atoms with Crippen LogP contribution in [0.1, 0.15) is 31.2 Å². The van der Waals surface area contributed by atoms with Crippen LogP contribution in [0.4, 0.5) is 15.8 Å². The Labute approximate surface area is 181 Å². The van der Waals surface area contributed by atoms with Crippen molar-refractivity contribution in [2.24, 2.45) is 0 Å². The third-order valence-electron chi connectivity index (χ3n) is 6.23.